The third kappa shape index (κ3) is 5.06. The molecule has 3 atom stereocenters. The van der Waals surface area contributed by atoms with Crippen molar-refractivity contribution in [3.05, 3.63) is 24.2 Å². The highest BCUT2D eigenvalue weighted by molar-refractivity contribution is 5.95. The van der Waals surface area contributed by atoms with Gasteiger partial charge in [-0.25, -0.2) is 0 Å². The number of furan rings is 1. The number of carbonyl (C=O) groups excluding carboxylic acids is 2. The van der Waals surface area contributed by atoms with E-state index in [1.165, 1.54) is 6.26 Å². The standard InChI is InChI=1S/C14H21N3O3.ClH/c1-9-8-11(5-6-15-9)17-13(18)10(2)16-14(19)12-4-3-7-20-12;/h3-4,7,9-11,15H,5-6,8H2,1-2H3,(H,16,19)(H,17,18);1H. The number of carbonyl (C=O) groups is 2. The van der Waals surface area contributed by atoms with Crippen molar-refractivity contribution in [3.8, 4) is 0 Å². The lowest BCUT2D eigenvalue weighted by Crippen LogP contribution is -2.52. The van der Waals surface area contributed by atoms with Gasteiger partial charge in [0.25, 0.3) is 5.91 Å². The summed E-state index contributed by atoms with van der Waals surface area (Å²) in [6.07, 6.45) is 3.25. The Labute approximate surface area is 130 Å². The van der Waals surface area contributed by atoms with E-state index in [1.54, 1.807) is 19.1 Å². The minimum Gasteiger partial charge on any atom is -0.459 e. The second-order valence-electron chi connectivity index (χ2n) is 5.26. The molecule has 1 aliphatic rings. The normalized spacial score (nSPS) is 22.8. The molecule has 21 heavy (non-hydrogen) atoms. The fourth-order valence-electron chi connectivity index (χ4n) is 2.33. The van der Waals surface area contributed by atoms with Gasteiger partial charge in [0.1, 0.15) is 6.04 Å². The van der Waals surface area contributed by atoms with Crippen molar-refractivity contribution < 1.29 is 14.0 Å². The second kappa shape index (κ2) is 8.05. The summed E-state index contributed by atoms with van der Waals surface area (Å²) in [6.45, 7) is 4.67. The van der Waals surface area contributed by atoms with Crippen LogP contribution < -0.4 is 16.0 Å². The number of nitrogens with one attached hydrogen (secondary N) is 3. The molecule has 1 aromatic rings. The quantitative estimate of drug-likeness (QED) is 0.776. The van der Waals surface area contributed by atoms with Crippen LogP contribution >= 0.6 is 12.4 Å². The Morgan fingerprint density at radius 2 is 2.24 bits per heavy atom. The Morgan fingerprint density at radius 3 is 2.86 bits per heavy atom. The van der Waals surface area contributed by atoms with Crippen molar-refractivity contribution in [3.63, 3.8) is 0 Å². The number of piperidine rings is 1. The first-order chi connectivity index (χ1) is 9.56. The van der Waals surface area contributed by atoms with Crippen LogP contribution in [-0.4, -0.2) is 36.5 Å². The maximum absolute atomic E-state index is 12.0. The lowest BCUT2D eigenvalue weighted by atomic mass is 10.0. The monoisotopic (exact) mass is 315 g/mol. The van der Waals surface area contributed by atoms with Gasteiger partial charge in [-0.15, -0.1) is 12.4 Å². The second-order valence-corrected chi connectivity index (χ2v) is 5.26. The number of amides is 2. The van der Waals surface area contributed by atoms with E-state index < -0.39 is 6.04 Å². The highest BCUT2D eigenvalue weighted by Gasteiger charge is 2.23. The van der Waals surface area contributed by atoms with E-state index in [2.05, 4.69) is 22.9 Å². The zero-order valence-corrected chi connectivity index (χ0v) is 13.0. The first kappa shape index (κ1) is 17.5. The third-order valence-electron chi connectivity index (χ3n) is 3.46. The summed E-state index contributed by atoms with van der Waals surface area (Å²) >= 11 is 0. The first-order valence-electron chi connectivity index (χ1n) is 6.94. The predicted octanol–water partition coefficient (Wildman–Crippen LogP) is 1.08. The summed E-state index contributed by atoms with van der Waals surface area (Å²) in [5.41, 5.74) is 0. The lowest BCUT2D eigenvalue weighted by Gasteiger charge is -2.29. The van der Waals surface area contributed by atoms with Crippen molar-refractivity contribution in [1.29, 1.82) is 0 Å². The van der Waals surface area contributed by atoms with Gasteiger partial charge in [0.15, 0.2) is 5.76 Å². The van der Waals surface area contributed by atoms with Crippen LogP contribution in [0, 0.1) is 0 Å². The maximum Gasteiger partial charge on any atom is 0.287 e. The van der Waals surface area contributed by atoms with Gasteiger partial charge in [0.05, 0.1) is 6.26 Å². The first-order valence-corrected chi connectivity index (χ1v) is 6.94. The summed E-state index contributed by atoms with van der Waals surface area (Å²) in [6, 6.07) is 3.19. The summed E-state index contributed by atoms with van der Waals surface area (Å²) < 4.78 is 4.99. The molecule has 6 nitrogen and oxygen atoms in total. The molecular weight excluding hydrogens is 294 g/mol. The maximum atomic E-state index is 12.0. The minimum atomic E-state index is -0.585. The zero-order valence-electron chi connectivity index (χ0n) is 12.2. The molecule has 3 N–H and O–H groups in total. The van der Waals surface area contributed by atoms with Gasteiger partial charge in [0, 0.05) is 12.1 Å². The average Bonchev–Trinajstić information content (AvgIpc) is 2.92. The SMILES string of the molecule is CC1CC(NC(=O)C(C)NC(=O)c2ccco2)CCN1.Cl. The van der Waals surface area contributed by atoms with E-state index in [0.717, 1.165) is 19.4 Å². The van der Waals surface area contributed by atoms with Crippen molar-refractivity contribution in [2.75, 3.05) is 6.54 Å². The number of hydrogen-bond donors (Lipinski definition) is 3. The zero-order chi connectivity index (χ0) is 14.5. The Hall–Kier alpha value is -1.53. The van der Waals surface area contributed by atoms with Gasteiger partial charge in [0.2, 0.25) is 5.91 Å². The predicted molar refractivity (Wildman–Crippen MR) is 81.5 cm³/mol. The molecular formula is C14H22ClN3O3. The molecule has 7 heteroatoms. The number of rotatable bonds is 4. The van der Waals surface area contributed by atoms with Gasteiger partial charge < -0.3 is 20.4 Å². The van der Waals surface area contributed by atoms with Crippen LogP contribution in [0.3, 0.4) is 0 Å². The van der Waals surface area contributed by atoms with E-state index >= 15 is 0 Å². The lowest BCUT2D eigenvalue weighted by molar-refractivity contribution is -0.123. The van der Waals surface area contributed by atoms with Crippen LogP contribution in [0.1, 0.15) is 37.2 Å². The van der Waals surface area contributed by atoms with Crippen LogP contribution in [0.2, 0.25) is 0 Å². The summed E-state index contributed by atoms with van der Waals surface area (Å²) in [5.74, 6) is -0.333. The van der Waals surface area contributed by atoms with E-state index in [-0.39, 0.29) is 36.0 Å². The molecule has 2 heterocycles. The highest BCUT2D eigenvalue weighted by atomic mass is 35.5. The molecule has 1 aromatic heterocycles. The molecule has 2 amide bonds. The summed E-state index contributed by atoms with van der Waals surface area (Å²) in [7, 11) is 0. The van der Waals surface area contributed by atoms with E-state index in [9.17, 15) is 9.59 Å². The molecule has 1 aliphatic heterocycles. The largest absolute Gasteiger partial charge is 0.459 e. The molecule has 0 spiro atoms. The van der Waals surface area contributed by atoms with E-state index in [4.69, 9.17) is 4.42 Å². The van der Waals surface area contributed by atoms with E-state index in [0.29, 0.717) is 6.04 Å². The number of halogens is 1. The van der Waals surface area contributed by atoms with Crippen molar-refractivity contribution >= 4 is 24.2 Å². The van der Waals surface area contributed by atoms with Crippen LogP contribution in [0.4, 0.5) is 0 Å². The minimum absolute atomic E-state index is 0. The van der Waals surface area contributed by atoms with Crippen molar-refractivity contribution in [1.82, 2.24) is 16.0 Å². The van der Waals surface area contributed by atoms with Crippen molar-refractivity contribution in [2.24, 2.45) is 0 Å². The van der Waals surface area contributed by atoms with Crippen LogP contribution in [0.25, 0.3) is 0 Å². The Balaban J connectivity index is 0.00000220. The fraction of sp³-hybridized carbons (Fsp3) is 0.571. The number of hydrogen-bond acceptors (Lipinski definition) is 4. The van der Waals surface area contributed by atoms with Crippen molar-refractivity contribution in [2.45, 2.75) is 44.8 Å². The Bertz CT molecular complexity index is 464. The molecule has 0 aromatic carbocycles. The van der Waals surface area contributed by atoms with Crippen LogP contribution in [-0.2, 0) is 4.79 Å². The summed E-state index contributed by atoms with van der Waals surface area (Å²) in [5, 5.41) is 8.93. The third-order valence-corrected chi connectivity index (χ3v) is 3.46. The fourth-order valence-corrected chi connectivity index (χ4v) is 2.33. The van der Waals surface area contributed by atoms with Gasteiger partial charge >= 0.3 is 0 Å². The topological polar surface area (TPSA) is 83.4 Å². The molecule has 1 fully saturated rings. The molecule has 1 saturated heterocycles. The highest BCUT2D eigenvalue weighted by Crippen LogP contribution is 2.08. The molecule has 0 aliphatic carbocycles. The molecule has 2 rings (SSSR count). The van der Waals surface area contributed by atoms with Gasteiger partial charge in [-0.05, 0) is 45.4 Å². The Morgan fingerprint density at radius 1 is 1.48 bits per heavy atom. The van der Waals surface area contributed by atoms with Gasteiger partial charge in [-0.2, -0.15) is 0 Å². The smallest absolute Gasteiger partial charge is 0.287 e. The molecule has 0 saturated carbocycles. The molecule has 118 valence electrons. The Kier molecular flexibility index (Phi) is 6.71. The van der Waals surface area contributed by atoms with Gasteiger partial charge in [-0.1, -0.05) is 0 Å². The van der Waals surface area contributed by atoms with Gasteiger partial charge in [-0.3, -0.25) is 9.59 Å². The van der Waals surface area contributed by atoms with Crippen LogP contribution in [0.15, 0.2) is 22.8 Å². The average molecular weight is 316 g/mol. The summed E-state index contributed by atoms with van der Waals surface area (Å²) in [4.78, 5) is 23.8. The van der Waals surface area contributed by atoms with Crippen LogP contribution in [0.5, 0.6) is 0 Å². The van der Waals surface area contributed by atoms with E-state index in [1.807, 2.05) is 0 Å². The molecule has 0 bridgehead atoms. The molecule has 0 radical (unpaired) electrons. The molecule has 3 unspecified atom stereocenters.